The lowest BCUT2D eigenvalue weighted by Crippen LogP contribution is -2.33. The van der Waals surface area contributed by atoms with E-state index in [4.69, 9.17) is 9.84 Å². The maximum Gasteiger partial charge on any atom is 0.132 e. The average Bonchev–Trinajstić information content (AvgIpc) is 2.19. The molecule has 1 fully saturated rings. The van der Waals surface area contributed by atoms with Gasteiger partial charge in [0.25, 0.3) is 0 Å². The molecule has 2 rings (SSSR count). The predicted octanol–water partition coefficient (Wildman–Crippen LogP) is 1.19. The van der Waals surface area contributed by atoms with E-state index in [0.29, 0.717) is 18.7 Å². The molecule has 14 heavy (non-hydrogen) atoms. The number of halogens is 1. The summed E-state index contributed by atoms with van der Waals surface area (Å²) in [5.74, 6) is -0.478. The van der Waals surface area contributed by atoms with E-state index in [1.165, 1.54) is 6.07 Å². The van der Waals surface area contributed by atoms with E-state index in [1.54, 1.807) is 6.07 Å². The monoisotopic (exact) mass is 197 g/mol. The molecule has 1 heterocycles. The van der Waals surface area contributed by atoms with E-state index < -0.39 is 5.82 Å². The Balaban J connectivity index is 2.22. The molecule has 1 aromatic rings. The summed E-state index contributed by atoms with van der Waals surface area (Å²) in [7, 11) is 0. The summed E-state index contributed by atoms with van der Waals surface area (Å²) in [6.45, 7) is 2.00. The highest BCUT2D eigenvalue weighted by molar-refractivity contribution is 5.29. The van der Waals surface area contributed by atoms with Gasteiger partial charge >= 0.3 is 0 Å². The lowest BCUT2D eigenvalue weighted by molar-refractivity contribution is 0.0255. The van der Waals surface area contributed by atoms with Crippen molar-refractivity contribution >= 4 is 0 Å². The summed E-state index contributed by atoms with van der Waals surface area (Å²) >= 11 is 0. The maximum atomic E-state index is 13.4. The molecule has 1 aromatic carbocycles. The fourth-order valence-electron chi connectivity index (χ4n) is 1.54. The van der Waals surface area contributed by atoms with Gasteiger partial charge in [-0.25, -0.2) is 4.39 Å². The minimum atomic E-state index is -0.418. The molecule has 0 saturated carbocycles. The van der Waals surface area contributed by atoms with Crippen molar-refractivity contribution in [2.75, 3.05) is 19.7 Å². The van der Waals surface area contributed by atoms with Gasteiger partial charge in [0.15, 0.2) is 0 Å². The minimum absolute atomic E-state index is 0.0602. The third-order valence-corrected chi connectivity index (χ3v) is 2.26. The number of aromatic hydroxyl groups is 1. The molecule has 0 radical (unpaired) electrons. The molecular formula is C10H12FNO2. The van der Waals surface area contributed by atoms with Crippen molar-refractivity contribution in [3.8, 4) is 5.75 Å². The zero-order chi connectivity index (χ0) is 9.97. The van der Waals surface area contributed by atoms with Crippen molar-refractivity contribution in [2.45, 2.75) is 6.10 Å². The number of nitrogens with one attached hydrogen (secondary N) is 1. The lowest BCUT2D eigenvalue weighted by Gasteiger charge is -2.24. The van der Waals surface area contributed by atoms with Crippen LogP contribution in [0.1, 0.15) is 11.7 Å². The molecule has 0 aromatic heterocycles. The number of rotatable bonds is 1. The number of hydrogen-bond acceptors (Lipinski definition) is 3. The van der Waals surface area contributed by atoms with Crippen LogP contribution in [0.25, 0.3) is 0 Å². The molecule has 0 aliphatic carbocycles. The Morgan fingerprint density at radius 2 is 2.36 bits per heavy atom. The zero-order valence-electron chi connectivity index (χ0n) is 7.66. The molecular weight excluding hydrogens is 185 g/mol. The number of hydrogen-bond donors (Lipinski definition) is 2. The number of phenolic OH excluding ortho intramolecular Hbond substituents is 1. The van der Waals surface area contributed by atoms with Gasteiger partial charge in [-0.1, -0.05) is 0 Å². The normalized spacial score (nSPS) is 22.2. The second kappa shape index (κ2) is 3.94. The summed E-state index contributed by atoms with van der Waals surface area (Å²) in [5.41, 5.74) is 0.495. The van der Waals surface area contributed by atoms with Crippen LogP contribution in [0.3, 0.4) is 0 Å². The van der Waals surface area contributed by atoms with Crippen molar-refractivity contribution in [3.05, 3.63) is 29.6 Å². The van der Waals surface area contributed by atoms with Gasteiger partial charge in [-0.3, -0.25) is 0 Å². The Kier molecular flexibility index (Phi) is 2.65. The quantitative estimate of drug-likeness (QED) is 0.710. The van der Waals surface area contributed by atoms with Crippen LogP contribution in [0.5, 0.6) is 5.75 Å². The molecule has 1 atom stereocenters. The van der Waals surface area contributed by atoms with Crippen LogP contribution < -0.4 is 5.32 Å². The Bertz CT molecular complexity index is 324. The number of phenols is 1. The molecule has 76 valence electrons. The lowest BCUT2D eigenvalue weighted by atomic mass is 10.1. The molecule has 1 unspecified atom stereocenters. The number of morpholine rings is 1. The summed E-state index contributed by atoms with van der Waals surface area (Å²) in [5, 5.41) is 12.2. The molecule has 3 nitrogen and oxygen atoms in total. The Morgan fingerprint density at radius 3 is 3.00 bits per heavy atom. The first-order valence-electron chi connectivity index (χ1n) is 4.58. The first-order valence-corrected chi connectivity index (χ1v) is 4.58. The van der Waals surface area contributed by atoms with E-state index in [2.05, 4.69) is 5.32 Å². The van der Waals surface area contributed by atoms with Gasteiger partial charge in [0.2, 0.25) is 0 Å². The van der Waals surface area contributed by atoms with E-state index in [1.807, 2.05) is 0 Å². The Labute approximate surface area is 81.5 Å². The highest BCUT2D eigenvalue weighted by Gasteiger charge is 2.19. The molecule has 0 spiro atoms. The minimum Gasteiger partial charge on any atom is -0.508 e. The number of ether oxygens (including phenoxy) is 1. The molecule has 0 amide bonds. The van der Waals surface area contributed by atoms with Crippen molar-refractivity contribution < 1.29 is 14.2 Å². The summed E-state index contributed by atoms with van der Waals surface area (Å²) in [4.78, 5) is 0. The Morgan fingerprint density at radius 1 is 1.50 bits per heavy atom. The van der Waals surface area contributed by atoms with Gasteiger partial charge in [-0.15, -0.1) is 0 Å². The predicted molar refractivity (Wildman–Crippen MR) is 49.6 cm³/mol. The molecule has 1 aliphatic rings. The molecule has 1 aliphatic heterocycles. The van der Waals surface area contributed by atoms with Crippen molar-refractivity contribution in [1.29, 1.82) is 0 Å². The first-order chi connectivity index (χ1) is 6.77. The Hall–Kier alpha value is -1.13. The van der Waals surface area contributed by atoms with E-state index in [0.717, 1.165) is 12.6 Å². The molecule has 0 bridgehead atoms. The van der Waals surface area contributed by atoms with Crippen LogP contribution in [-0.2, 0) is 4.74 Å². The topological polar surface area (TPSA) is 41.5 Å². The highest BCUT2D eigenvalue weighted by Crippen LogP contribution is 2.24. The van der Waals surface area contributed by atoms with Gasteiger partial charge in [0.05, 0.1) is 12.7 Å². The smallest absolute Gasteiger partial charge is 0.132 e. The second-order valence-corrected chi connectivity index (χ2v) is 3.27. The summed E-state index contributed by atoms with van der Waals surface area (Å²) in [6, 6.07) is 4.13. The van der Waals surface area contributed by atoms with Crippen molar-refractivity contribution in [1.82, 2.24) is 5.32 Å². The van der Waals surface area contributed by atoms with Gasteiger partial charge in [0.1, 0.15) is 11.6 Å². The zero-order valence-corrected chi connectivity index (χ0v) is 7.66. The largest absolute Gasteiger partial charge is 0.508 e. The average molecular weight is 197 g/mol. The van der Waals surface area contributed by atoms with E-state index in [9.17, 15) is 4.39 Å². The third kappa shape index (κ3) is 1.86. The van der Waals surface area contributed by atoms with Gasteiger partial charge in [-0.05, 0) is 12.1 Å². The first kappa shape index (κ1) is 9.43. The summed E-state index contributed by atoms with van der Waals surface area (Å²) in [6.07, 6.45) is -0.246. The summed E-state index contributed by atoms with van der Waals surface area (Å²) < 4.78 is 18.8. The van der Waals surface area contributed by atoms with E-state index >= 15 is 0 Å². The molecule has 2 N–H and O–H groups in total. The molecule has 1 saturated heterocycles. The van der Waals surface area contributed by atoms with E-state index in [-0.39, 0.29) is 11.9 Å². The third-order valence-electron chi connectivity index (χ3n) is 2.26. The number of benzene rings is 1. The standard InChI is InChI=1S/C10H12FNO2/c11-9-5-7(13)1-2-8(9)10-6-12-3-4-14-10/h1-2,5,10,12-13H,3-4,6H2. The van der Waals surface area contributed by atoms with Crippen molar-refractivity contribution in [3.63, 3.8) is 0 Å². The fourth-order valence-corrected chi connectivity index (χ4v) is 1.54. The van der Waals surface area contributed by atoms with Crippen LogP contribution in [0.4, 0.5) is 4.39 Å². The fraction of sp³-hybridized carbons (Fsp3) is 0.400. The van der Waals surface area contributed by atoms with Crippen molar-refractivity contribution in [2.24, 2.45) is 0 Å². The highest BCUT2D eigenvalue weighted by atomic mass is 19.1. The molecule has 4 heteroatoms. The van der Waals surface area contributed by atoms with Crippen LogP contribution >= 0.6 is 0 Å². The van der Waals surface area contributed by atoms with Crippen LogP contribution in [0.2, 0.25) is 0 Å². The van der Waals surface area contributed by atoms with Gasteiger partial charge in [0, 0.05) is 24.7 Å². The second-order valence-electron chi connectivity index (χ2n) is 3.27. The van der Waals surface area contributed by atoms with Gasteiger partial charge in [-0.2, -0.15) is 0 Å². The maximum absolute atomic E-state index is 13.4. The van der Waals surface area contributed by atoms with Crippen LogP contribution in [-0.4, -0.2) is 24.8 Å². The van der Waals surface area contributed by atoms with Crippen LogP contribution in [0, 0.1) is 5.82 Å². The van der Waals surface area contributed by atoms with Gasteiger partial charge < -0.3 is 15.2 Å². The SMILES string of the molecule is Oc1ccc(C2CNCCO2)c(F)c1. The van der Waals surface area contributed by atoms with Crippen LogP contribution in [0.15, 0.2) is 18.2 Å².